The Labute approximate surface area is 198 Å². The number of fused-ring (bicyclic) bond motifs is 14. The predicted octanol–water partition coefficient (Wildman–Crippen LogP) is 8.55. The van der Waals surface area contributed by atoms with Crippen LogP contribution < -0.4 is 0 Å². The Hall–Kier alpha value is -4.10. The smallest absolute Gasteiger partial charge is 0.143 e. The van der Waals surface area contributed by atoms with Crippen LogP contribution in [0.15, 0.2) is 101 Å². The maximum atomic E-state index is 6.58. The summed E-state index contributed by atoms with van der Waals surface area (Å²) in [6, 6.07) is 35.9. The number of para-hydroxylation sites is 1. The zero-order valence-corrected chi connectivity index (χ0v) is 19.1. The third-order valence-electron chi connectivity index (χ3n) is 8.00. The van der Waals surface area contributed by atoms with Crippen molar-refractivity contribution in [2.45, 2.75) is 19.3 Å². The summed E-state index contributed by atoms with van der Waals surface area (Å²) in [6.45, 7) is 4.40. The average molecular weight is 435 g/mol. The average Bonchev–Trinajstić information content (AvgIpc) is 3.47. The van der Waals surface area contributed by atoms with Crippen molar-refractivity contribution < 1.29 is 4.42 Å². The SMILES string of the molecule is Cc1ccc2c(c1)C1(c3cc(C)ccc3-2)c2ccccc2-c2c1ccc1c2oc2ccccc21. The Morgan fingerprint density at radius 1 is 0.529 bits per heavy atom. The van der Waals surface area contributed by atoms with E-state index < -0.39 is 0 Å². The third-order valence-corrected chi connectivity index (χ3v) is 8.00. The van der Waals surface area contributed by atoms with E-state index >= 15 is 0 Å². The molecule has 0 N–H and O–H groups in total. The predicted molar refractivity (Wildman–Crippen MR) is 139 cm³/mol. The van der Waals surface area contributed by atoms with Gasteiger partial charge >= 0.3 is 0 Å². The zero-order valence-electron chi connectivity index (χ0n) is 19.1. The van der Waals surface area contributed by atoms with E-state index in [1.165, 1.54) is 66.4 Å². The molecule has 1 heteroatoms. The topological polar surface area (TPSA) is 13.1 Å². The highest BCUT2D eigenvalue weighted by molar-refractivity contribution is 6.13. The zero-order chi connectivity index (χ0) is 22.6. The van der Waals surface area contributed by atoms with Crippen LogP contribution in [0.5, 0.6) is 0 Å². The molecule has 1 spiro atoms. The molecule has 0 bridgehead atoms. The van der Waals surface area contributed by atoms with Crippen LogP contribution in [-0.2, 0) is 5.41 Å². The van der Waals surface area contributed by atoms with Crippen LogP contribution in [0.25, 0.3) is 44.2 Å². The van der Waals surface area contributed by atoms with Gasteiger partial charge in [-0.2, -0.15) is 0 Å². The second-order valence-electron chi connectivity index (χ2n) is 9.86. The fourth-order valence-electron chi connectivity index (χ4n) is 6.67. The summed E-state index contributed by atoms with van der Waals surface area (Å²) in [5.41, 5.74) is 14.9. The molecule has 0 saturated heterocycles. The van der Waals surface area contributed by atoms with Crippen molar-refractivity contribution >= 4 is 21.9 Å². The van der Waals surface area contributed by atoms with Gasteiger partial charge in [0.05, 0.1) is 5.41 Å². The van der Waals surface area contributed by atoms with E-state index in [-0.39, 0.29) is 5.41 Å². The Balaban J connectivity index is 1.62. The minimum absolute atomic E-state index is 0.332. The third kappa shape index (κ3) is 1.98. The van der Waals surface area contributed by atoms with Crippen LogP contribution >= 0.6 is 0 Å². The Bertz CT molecular complexity index is 1780. The molecule has 0 atom stereocenters. The molecule has 160 valence electrons. The molecule has 5 aromatic carbocycles. The molecule has 2 aliphatic carbocycles. The Kier molecular flexibility index (Phi) is 3.27. The first kappa shape index (κ1) is 18.3. The van der Waals surface area contributed by atoms with Crippen LogP contribution in [0.3, 0.4) is 0 Å². The molecule has 0 unspecified atom stereocenters. The van der Waals surface area contributed by atoms with Gasteiger partial charge in [-0.3, -0.25) is 0 Å². The molecule has 6 aromatic rings. The maximum Gasteiger partial charge on any atom is 0.143 e. The van der Waals surface area contributed by atoms with E-state index in [0.29, 0.717) is 0 Å². The van der Waals surface area contributed by atoms with Crippen molar-refractivity contribution in [1.29, 1.82) is 0 Å². The monoisotopic (exact) mass is 434 g/mol. The summed E-state index contributed by atoms with van der Waals surface area (Å²) in [5.74, 6) is 0. The first-order valence-corrected chi connectivity index (χ1v) is 11.9. The summed E-state index contributed by atoms with van der Waals surface area (Å²) >= 11 is 0. The van der Waals surface area contributed by atoms with Gasteiger partial charge in [0.15, 0.2) is 0 Å². The number of benzene rings is 5. The van der Waals surface area contributed by atoms with Crippen molar-refractivity contribution in [2.24, 2.45) is 0 Å². The van der Waals surface area contributed by atoms with Crippen LogP contribution in [-0.4, -0.2) is 0 Å². The molecule has 34 heavy (non-hydrogen) atoms. The number of hydrogen-bond acceptors (Lipinski definition) is 1. The van der Waals surface area contributed by atoms with Gasteiger partial charge in [-0.15, -0.1) is 0 Å². The van der Waals surface area contributed by atoms with E-state index in [1.807, 2.05) is 0 Å². The summed E-state index contributed by atoms with van der Waals surface area (Å²) in [5, 5.41) is 2.37. The van der Waals surface area contributed by atoms with Crippen LogP contribution in [0, 0.1) is 13.8 Å². The molecule has 0 radical (unpaired) electrons. The number of furan rings is 1. The molecule has 0 aliphatic heterocycles. The van der Waals surface area contributed by atoms with Crippen molar-refractivity contribution in [2.75, 3.05) is 0 Å². The van der Waals surface area contributed by atoms with Gasteiger partial charge < -0.3 is 4.42 Å². The Morgan fingerprint density at radius 3 is 1.97 bits per heavy atom. The van der Waals surface area contributed by atoms with Gasteiger partial charge in [0.2, 0.25) is 0 Å². The van der Waals surface area contributed by atoms with Gasteiger partial charge in [0.1, 0.15) is 11.2 Å². The number of rotatable bonds is 0. The molecule has 2 aliphatic rings. The highest BCUT2D eigenvalue weighted by Gasteiger charge is 2.52. The van der Waals surface area contributed by atoms with Crippen LogP contribution in [0.1, 0.15) is 33.4 Å². The molecule has 1 nitrogen and oxygen atoms in total. The lowest BCUT2D eigenvalue weighted by molar-refractivity contribution is 0.669. The fourth-order valence-corrected chi connectivity index (χ4v) is 6.67. The normalized spacial score (nSPS) is 14.4. The van der Waals surface area contributed by atoms with Crippen molar-refractivity contribution in [1.82, 2.24) is 0 Å². The number of aryl methyl sites for hydroxylation is 2. The van der Waals surface area contributed by atoms with Crippen molar-refractivity contribution in [3.63, 3.8) is 0 Å². The van der Waals surface area contributed by atoms with Crippen LogP contribution in [0.2, 0.25) is 0 Å². The summed E-state index contributed by atoms with van der Waals surface area (Å²) in [4.78, 5) is 0. The molecule has 0 amide bonds. The maximum absolute atomic E-state index is 6.58. The van der Waals surface area contributed by atoms with Gasteiger partial charge in [-0.1, -0.05) is 102 Å². The molecule has 1 heterocycles. The van der Waals surface area contributed by atoms with Gasteiger partial charge in [-0.25, -0.2) is 0 Å². The first-order chi connectivity index (χ1) is 16.7. The fraction of sp³-hybridized carbons (Fsp3) is 0.0909. The molecular formula is C33H22O. The number of hydrogen-bond donors (Lipinski definition) is 0. The van der Waals surface area contributed by atoms with Gasteiger partial charge in [-0.05, 0) is 58.9 Å². The highest BCUT2D eigenvalue weighted by Crippen LogP contribution is 2.64. The molecule has 8 rings (SSSR count). The van der Waals surface area contributed by atoms with Crippen LogP contribution in [0.4, 0.5) is 0 Å². The lowest BCUT2D eigenvalue weighted by Gasteiger charge is -2.30. The standard InChI is InChI=1S/C33H22O/c1-19-11-13-21-22-14-12-20(2)18-29(22)33(28(21)17-19)26-9-5-3-8-25(26)31-27(33)16-15-24-23-7-4-6-10-30(23)34-32(24)31/h3-18H,1-2H3. The molecular weight excluding hydrogens is 412 g/mol. The molecule has 1 aromatic heterocycles. The molecule has 0 saturated carbocycles. The summed E-state index contributed by atoms with van der Waals surface area (Å²) in [7, 11) is 0. The first-order valence-electron chi connectivity index (χ1n) is 11.9. The van der Waals surface area contributed by atoms with E-state index in [1.54, 1.807) is 0 Å². The van der Waals surface area contributed by atoms with Crippen molar-refractivity contribution in [3.05, 3.63) is 130 Å². The quantitative estimate of drug-likeness (QED) is 0.233. The largest absolute Gasteiger partial charge is 0.455 e. The lowest BCUT2D eigenvalue weighted by atomic mass is 9.70. The minimum Gasteiger partial charge on any atom is -0.455 e. The van der Waals surface area contributed by atoms with E-state index in [2.05, 4.69) is 111 Å². The second kappa shape index (κ2) is 6.07. The second-order valence-corrected chi connectivity index (χ2v) is 9.86. The van der Waals surface area contributed by atoms with E-state index in [4.69, 9.17) is 4.42 Å². The summed E-state index contributed by atoms with van der Waals surface area (Å²) in [6.07, 6.45) is 0. The van der Waals surface area contributed by atoms with Gasteiger partial charge in [0, 0.05) is 16.3 Å². The van der Waals surface area contributed by atoms with Gasteiger partial charge in [0.25, 0.3) is 0 Å². The van der Waals surface area contributed by atoms with E-state index in [0.717, 1.165) is 11.2 Å². The van der Waals surface area contributed by atoms with Crippen molar-refractivity contribution in [3.8, 4) is 22.3 Å². The molecule has 0 fully saturated rings. The van der Waals surface area contributed by atoms with E-state index in [9.17, 15) is 0 Å². The minimum atomic E-state index is -0.332. The Morgan fingerprint density at radius 2 is 1.21 bits per heavy atom. The summed E-state index contributed by atoms with van der Waals surface area (Å²) < 4.78 is 6.58. The lowest BCUT2D eigenvalue weighted by Crippen LogP contribution is -2.26. The highest BCUT2D eigenvalue weighted by atomic mass is 16.3.